The van der Waals surface area contributed by atoms with E-state index in [9.17, 15) is 0 Å². The highest BCUT2D eigenvalue weighted by molar-refractivity contribution is 5.80. The van der Waals surface area contributed by atoms with Crippen LogP contribution >= 0.6 is 0 Å². The van der Waals surface area contributed by atoms with Gasteiger partial charge >= 0.3 is 0 Å². The number of anilines is 5. The zero-order valence-corrected chi connectivity index (χ0v) is 16.4. The van der Waals surface area contributed by atoms with E-state index in [2.05, 4.69) is 20.6 Å². The van der Waals surface area contributed by atoms with E-state index in [0.717, 1.165) is 28.6 Å². The molecule has 0 fully saturated rings. The third-order valence-corrected chi connectivity index (χ3v) is 4.33. The van der Waals surface area contributed by atoms with E-state index >= 15 is 0 Å². The van der Waals surface area contributed by atoms with Gasteiger partial charge in [0.2, 0.25) is 0 Å². The molecule has 30 heavy (non-hydrogen) atoms. The molecule has 0 amide bonds. The molecule has 0 radical (unpaired) electrons. The molecule has 0 aliphatic rings. The molecular formula is C23H21N5O2. The highest BCUT2D eigenvalue weighted by atomic mass is 16.5. The van der Waals surface area contributed by atoms with Crippen molar-refractivity contribution in [1.29, 1.82) is 0 Å². The van der Waals surface area contributed by atoms with Crippen LogP contribution in [0.3, 0.4) is 0 Å². The Hall–Kier alpha value is -4.26. The summed E-state index contributed by atoms with van der Waals surface area (Å²) in [7, 11) is 1.63. The second-order valence-corrected chi connectivity index (χ2v) is 6.40. The number of benzene rings is 3. The van der Waals surface area contributed by atoms with Crippen molar-refractivity contribution in [3.05, 3.63) is 85.2 Å². The smallest absolute Gasteiger partial charge is 0.159 e. The number of ether oxygens (including phenoxy) is 2. The summed E-state index contributed by atoms with van der Waals surface area (Å²) in [6.07, 6.45) is 1.46. The van der Waals surface area contributed by atoms with Crippen LogP contribution in [-0.2, 0) is 0 Å². The average molecular weight is 399 g/mol. The summed E-state index contributed by atoms with van der Waals surface area (Å²) < 4.78 is 11.0. The minimum Gasteiger partial charge on any atom is -0.497 e. The molecule has 0 saturated carbocycles. The van der Waals surface area contributed by atoms with Crippen LogP contribution in [0.5, 0.6) is 17.2 Å². The SMILES string of the molecule is COc1ccc(Nc2ncnc(Nc3ccc(Oc4ccccc4)cc3)c2N)cc1. The fourth-order valence-corrected chi connectivity index (χ4v) is 2.77. The Morgan fingerprint density at radius 2 is 1.17 bits per heavy atom. The van der Waals surface area contributed by atoms with Crippen molar-refractivity contribution < 1.29 is 9.47 Å². The molecule has 0 aliphatic carbocycles. The number of nitrogens with two attached hydrogens (primary N) is 1. The summed E-state index contributed by atoms with van der Waals surface area (Å²) in [5.41, 5.74) is 8.35. The number of nitrogens with one attached hydrogen (secondary N) is 2. The van der Waals surface area contributed by atoms with Gasteiger partial charge in [0.05, 0.1) is 7.11 Å². The van der Waals surface area contributed by atoms with Gasteiger partial charge in [0, 0.05) is 11.4 Å². The number of nitrogens with zero attached hydrogens (tertiary/aromatic N) is 2. The first-order chi connectivity index (χ1) is 14.7. The van der Waals surface area contributed by atoms with Crippen LogP contribution in [0.4, 0.5) is 28.7 Å². The van der Waals surface area contributed by atoms with Crippen molar-refractivity contribution in [2.75, 3.05) is 23.5 Å². The van der Waals surface area contributed by atoms with Gasteiger partial charge in [-0.2, -0.15) is 0 Å². The topological polar surface area (TPSA) is 94.3 Å². The van der Waals surface area contributed by atoms with E-state index in [1.54, 1.807) is 7.11 Å². The zero-order valence-electron chi connectivity index (χ0n) is 16.4. The average Bonchev–Trinajstić information content (AvgIpc) is 2.79. The Morgan fingerprint density at radius 3 is 1.70 bits per heavy atom. The fourth-order valence-electron chi connectivity index (χ4n) is 2.77. The molecule has 0 atom stereocenters. The minimum absolute atomic E-state index is 0.415. The molecule has 7 heteroatoms. The molecular weight excluding hydrogens is 378 g/mol. The lowest BCUT2D eigenvalue weighted by Crippen LogP contribution is -2.05. The number of hydrogen-bond acceptors (Lipinski definition) is 7. The molecule has 150 valence electrons. The molecule has 0 aliphatic heterocycles. The maximum Gasteiger partial charge on any atom is 0.159 e. The molecule has 4 aromatic rings. The highest BCUT2D eigenvalue weighted by Crippen LogP contribution is 2.30. The van der Waals surface area contributed by atoms with Crippen molar-refractivity contribution in [3.8, 4) is 17.2 Å². The first-order valence-corrected chi connectivity index (χ1v) is 9.33. The normalized spacial score (nSPS) is 10.3. The number of nitrogen functional groups attached to an aromatic ring is 1. The second kappa shape index (κ2) is 8.83. The number of methoxy groups -OCH3 is 1. The number of para-hydroxylation sites is 1. The lowest BCUT2D eigenvalue weighted by Gasteiger charge is -2.13. The monoisotopic (exact) mass is 399 g/mol. The van der Waals surface area contributed by atoms with Gasteiger partial charge in [-0.3, -0.25) is 0 Å². The van der Waals surface area contributed by atoms with E-state index in [0.29, 0.717) is 17.3 Å². The van der Waals surface area contributed by atoms with Gasteiger partial charge in [-0.15, -0.1) is 0 Å². The van der Waals surface area contributed by atoms with Crippen LogP contribution in [0.2, 0.25) is 0 Å². The third-order valence-electron chi connectivity index (χ3n) is 4.33. The summed E-state index contributed by atoms with van der Waals surface area (Å²) in [5.74, 6) is 3.33. The molecule has 1 heterocycles. The molecule has 0 unspecified atom stereocenters. The van der Waals surface area contributed by atoms with E-state index < -0.39 is 0 Å². The Kier molecular flexibility index (Phi) is 5.61. The quantitative estimate of drug-likeness (QED) is 0.386. The van der Waals surface area contributed by atoms with Gasteiger partial charge < -0.3 is 25.8 Å². The van der Waals surface area contributed by atoms with Gasteiger partial charge in [-0.1, -0.05) is 18.2 Å². The van der Waals surface area contributed by atoms with Crippen molar-refractivity contribution in [3.63, 3.8) is 0 Å². The summed E-state index contributed by atoms with van der Waals surface area (Å²) in [6, 6.07) is 24.7. The van der Waals surface area contributed by atoms with E-state index in [-0.39, 0.29) is 0 Å². The maximum atomic E-state index is 6.27. The van der Waals surface area contributed by atoms with Gasteiger partial charge in [0.1, 0.15) is 29.3 Å². The second-order valence-electron chi connectivity index (χ2n) is 6.40. The summed E-state index contributed by atoms with van der Waals surface area (Å²) in [4.78, 5) is 8.50. The molecule has 7 nitrogen and oxygen atoms in total. The van der Waals surface area contributed by atoms with Crippen LogP contribution in [0, 0.1) is 0 Å². The van der Waals surface area contributed by atoms with Crippen LogP contribution < -0.4 is 25.8 Å². The van der Waals surface area contributed by atoms with Crippen molar-refractivity contribution in [2.24, 2.45) is 0 Å². The van der Waals surface area contributed by atoms with E-state index in [4.69, 9.17) is 15.2 Å². The Bertz CT molecular complexity index is 1100. The van der Waals surface area contributed by atoms with Crippen LogP contribution in [0.25, 0.3) is 0 Å². The minimum atomic E-state index is 0.415. The molecule has 0 spiro atoms. The molecule has 4 rings (SSSR count). The third kappa shape index (κ3) is 4.59. The Balaban J connectivity index is 1.46. The molecule has 4 N–H and O–H groups in total. The summed E-state index contributed by atoms with van der Waals surface area (Å²) >= 11 is 0. The first-order valence-electron chi connectivity index (χ1n) is 9.33. The molecule has 3 aromatic carbocycles. The van der Waals surface area contributed by atoms with Crippen molar-refractivity contribution in [1.82, 2.24) is 9.97 Å². The zero-order chi connectivity index (χ0) is 20.8. The van der Waals surface area contributed by atoms with Gasteiger partial charge in [-0.25, -0.2) is 9.97 Å². The number of rotatable bonds is 7. The highest BCUT2D eigenvalue weighted by Gasteiger charge is 2.09. The predicted octanol–water partition coefficient (Wildman–Crippen LogP) is 5.35. The van der Waals surface area contributed by atoms with Crippen molar-refractivity contribution in [2.45, 2.75) is 0 Å². The standard InChI is InChI=1S/C23H21N5O2/c1-29-18-11-7-16(8-12-18)27-22-21(24)23(26-15-25-22)28-17-9-13-20(14-10-17)30-19-5-3-2-4-6-19/h2-15H,24H2,1H3,(H2,25,26,27,28). The summed E-state index contributed by atoms with van der Waals surface area (Å²) in [6.45, 7) is 0. The van der Waals surface area contributed by atoms with E-state index in [1.165, 1.54) is 6.33 Å². The largest absolute Gasteiger partial charge is 0.497 e. The Morgan fingerprint density at radius 1 is 0.667 bits per heavy atom. The molecule has 0 bridgehead atoms. The van der Waals surface area contributed by atoms with Gasteiger partial charge in [0.25, 0.3) is 0 Å². The fraction of sp³-hybridized carbons (Fsp3) is 0.0435. The first kappa shape index (κ1) is 19.1. The molecule has 1 aromatic heterocycles. The maximum absolute atomic E-state index is 6.27. The van der Waals surface area contributed by atoms with Crippen LogP contribution in [0.15, 0.2) is 85.2 Å². The predicted molar refractivity (Wildman–Crippen MR) is 119 cm³/mol. The van der Waals surface area contributed by atoms with Crippen LogP contribution in [-0.4, -0.2) is 17.1 Å². The van der Waals surface area contributed by atoms with Crippen LogP contribution in [0.1, 0.15) is 0 Å². The van der Waals surface area contributed by atoms with Gasteiger partial charge in [0.15, 0.2) is 11.6 Å². The molecule has 0 saturated heterocycles. The van der Waals surface area contributed by atoms with Crippen molar-refractivity contribution >= 4 is 28.7 Å². The summed E-state index contributed by atoms with van der Waals surface area (Å²) in [5, 5.41) is 6.41. The lowest BCUT2D eigenvalue weighted by atomic mass is 10.2. The van der Waals surface area contributed by atoms with E-state index in [1.807, 2.05) is 78.9 Å². The Labute approximate surface area is 174 Å². The lowest BCUT2D eigenvalue weighted by molar-refractivity contribution is 0.415. The number of hydrogen-bond donors (Lipinski definition) is 3. The number of aromatic nitrogens is 2. The van der Waals surface area contributed by atoms with Gasteiger partial charge in [-0.05, 0) is 60.7 Å².